The van der Waals surface area contributed by atoms with Crippen molar-refractivity contribution in [2.45, 2.75) is 26.9 Å². The van der Waals surface area contributed by atoms with Gasteiger partial charge in [-0.3, -0.25) is 9.59 Å². The van der Waals surface area contributed by atoms with E-state index < -0.39 is 34.5 Å². The fourth-order valence-corrected chi connectivity index (χ4v) is 2.54. The molecule has 0 saturated heterocycles. The van der Waals surface area contributed by atoms with Crippen LogP contribution in [0, 0.1) is 5.41 Å². The first kappa shape index (κ1) is 21.2. The van der Waals surface area contributed by atoms with Crippen LogP contribution in [-0.2, 0) is 18.0 Å². The lowest BCUT2D eigenvalue weighted by Crippen LogP contribution is -2.27. The van der Waals surface area contributed by atoms with Crippen LogP contribution in [0.3, 0.4) is 0 Å². The summed E-state index contributed by atoms with van der Waals surface area (Å²) in [5, 5.41) is 7.66. The van der Waals surface area contributed by atoms with Crippen LogP contribution in [0.15, 0.2) is 37.1 Å². The van der Waals surface area contributed by atoms with Gasteiger partial charge in [-0.05, 0) is 39.0 Å². The average molecular weight is 421 g/mol. The molecule has 3 rings (SSSR count). The summed E-state index contributed by atoms with van der Waals surface area (Å²) in [6.45, 7) is 4.83. The number of rotatable bonds is 4. The molecule has 158 valence electrons. The lowest BCUT2D eigenvalue weighted by molar-refractivity contribution is -0.143. The molecular weight excluding hydrogens is 403 g/mol. The zero-order valence-corrected chi connectivity index (χ0v) is 16.6. The Morgan fingerprint density at radius 1 is 1.07 bits per heavy atom. The molecule has 0 atom stereocenters. The van der Waals surface area contributed by atoms with E-state index in [0.717, 1.165) is 27.7 Å². The molecule has 0 spiro atoms. The predicted molar refractivity (Wildman–Crippen MR) is 98.1 cm³/mol. The largest absolute Gasteiger partial charge is 0.417 e. The quantitative estimate of drug-likeness (QED) is 0.475. The molecule has 0 bridgehead atoms. The fourth-order valence-electron chi connectivity index (χ4n) is 2.54. The molecule has 2 aromatic heterocycles. The van der Waals surface area contributed by atoms with E-state index in [-0.39, 0.29) is 17.1 Å². The highest BCUT2D eigenvalue weighted by molar-refractivity contribution is 6.11. The highest BCUT2D eigenvalue weighted by Crippen LogP contribution is 2.35. The lowest BCUT2D eigenvalue weighted by atomic mass is 9.97. The van der Waals surface area contributed by atoms with Gasteiger partial charge in [0.2, 0.25) is 11.7 Å². The maximum Gasteiger partial charge on any atom is 0.417 e. The zero-order chi connectivity index (χ0) is 22.3. The summed E-state index contributed by atoms with van der Waals surface area (Å²) in [5.41, 5.74) is -2.82. The lowest BCUT2D eigenvalue weighted by Gasteiger charge is -2.17. The average Bonchev–Trinajstić information content (AvgIpc) is 3.30. The number of hydrogen-bond donors (Lipinski definition) is 0. The van der Waals surface area contributed by atoms with Crippen molar-refractivity contribution in [1.29, 1.82) is 0 Å². The number of esters is 1. The van der Waals surface area contributed by atoms with Crippen LogP contribution in [-0.4, -0.2) is 36.3 Å². The minimum Gasteiger partial charge on any atom is -0.407 e. The molecule has 8 nitrogen and oxygen atoms in total. The van der Waals surface area contributed by atoms with Crippen molar-refractivity contribution in [1.82, 2.24) is 24.5 Å². The van der Waals surface area contributed by atoms with Gasteiger partial charge < -0.3 is 4.74 Å². The third-order valence-electron chi connectivity index (χ3n) is 4.17. The fraction of sp³-hybridized carbons (Fsp3) is 0.316. The second-order valence-electron chi connectivity index (χ2n) is 7.52. The van der Waals surface area contributed by atoms with E-state index in [0.29, 0.717) is 0 Å². The number of hydrogen-bond acceptors (Lipinski definition) is 6. The molecule has 1 aromatic carbocycles. The maximum absolute atomic E-state index is 13.7. The van der Waals surface area contributed by atoms with Crippen LogP contribution >= 0.6 is 0 Å². The SMILES string of the molecule is Cn1ncc(C(=O)c2ccc(-n3cncn3)cc2C(F)(F)F)c1OC(=O)C(C)(C)C. The smallest absolute Gasteiger partial charge is 0.407 e. The van der Waals surface area contributed by atoms with E-state index in [1.54, 1.807) is 20.8 Å². The number of benzene rings is 1. The highest BCUT2D eigenvalue weighted by Gasteiger charge is 2.37. The Hall–Kier alpha value is -3.50. The molecule has 0 aliphatic carbocycles. The summed E-state index contributed by atoms with van der Waals surface area (Å²) in [6, 6.07) is 3.16. The van der Waals surface area contributed by atoms with E-state index in [1.807, 2.05) is 0 Å². The Balaban J connectivity index is 2.07. The van der Waals surface area contributed by atoms with Crippen molar-refractivity contribution in [3.63, 3.8) is 0 Å². The summed E-state index contributed by atoms with van der Waals surface area (Å²) in [4.78, 5) is 28.9. The summed E-state index contributed by atoms with van der Waals surface area (Å²) in [7, 11) is 1.42. The van der Waals surface area contributed by atoms with Crippen molar-refractivity contribution < 1.29 is 27.5 Å². The number of halogens is 3. The molecule has 0 amide bonds. The van der Waals surface area contributed by atoms with Gasteiger partial charge in [-0.2, -0.15) is 23.4 Å². The summed E-state index contributed by atoms with van der Waals surface area (Å²) in [5.74, 6) is -1.86. The maximum atomic E-state index is 13.7. The summed E-state index contributed by atoms with van der Waals surface area (Å²) < 4.78 is 48.7. The van der Waals surface area contributed by atoms with Crippen LogP contribution in [0.5, 0.6) is 5.88 Å². The van der Waals surface area contributed by atoms with Gasteiger partial charge in [0, 0.05) is 12.6 Å². The van der Waals surface area contributed by atoms with E-state index in [1.165, 1.54) is 25.8 Å². The van der Waals surface area contributed by atoms with Crippen molar-refractivity contribution in [3.05, 3.63) is 53.7 Å². The van der Waals surface area contributed by atoms with Gasteiger partial charge in [0.25, 0.3) is 0 Å². The highest BCUT2D eigenvalue weighted by atomic mass is 19.4. The van der Waals surface area contributed by atoms with E-state index >= 15 is 0 Å². The van der Waals surface area contributed by atoms with Gasteiger partial charge in [-0.1, -0.05) is 0 Å². The molecule has 0 fully saturated rings. The second-order valence-corrected chi connectivity index (χ2v) is 7.52. The first-order chi connectivity index (χ1) is 13.9. The van der Waals surface area contributed by atoms with Gasteiger partial charge in [-0.15, -0.1) is 0 Å². The Kier molecular flexibility index (Phi) is 5.23. The Morgan fingerprint density at radius 3 is 2.33 bits per heavy atom. The minimum atomic E-state index is -4.81. The number of alkyl halides is 3. The van der Waals surface area contributed by atoms with Gasteiger partial charge in [-0.25, -0.2) is 14.3 Å². The van der Waals surface area contributed by atoms with Crippen LogP contribution in [0.25, 0.3) is 5.69 Å². The molecule has 0 aliphatic rings. The minimum absolute atomic E-state index is 0.0851. The second kappa shape index (κ2) is 7.39. The predicted octanol–water partition coefficient (Wildman–Crippen LogP) is 3.20. The van der Waals surface area contributed by atoms with E-state index in [4.69, 9.17) is 4.74 Å². The first-order valence-electron chi connectivity index (χ1n) is 8.75. The van der Waals surface area contributed by atoms with Crippen molar-refractivity contribution >= 4 is 11.8 Å². The topological polar surface area (TPSA) is 91.9 Å². The Labute approximate surface area is 169 Å². The molecule has 11 heteroatoms. The molecule has 0 aliphatic heterocycles. The zero-order valence-electron chi connectivity index (χ0n) is 16.6. The molecule has 0 radical (unpaired) electrons. The number of ether oxygens (including phenoxy) is 1. The van der Waals surface area contributed by atoms with Crippen LogP contribution in [0.2, 0.25) is 0 Å². The Morgan fingerprint density at radius 2 is 1.77 bits per heavy atom. The molecular formula is C19H18F3N5O3. The van der Waals surface area contributed by atoms with Gasteiger partial charge >= 0.3 is 12.1 Å². The molecule has 2 heterocycles. The Bertz CT molecular complexity index is 1100. The number of carbonyl (C=O) groups excluding carboxylic acids is 2. The summed E-state index contributed by atoms with van der Waals surface area (Å²) in [6.07, 6.45) is -1.33. The van der Waals surface area contributed by atoms with Gasteiger partial charge in [0.1, 0.15) is 18.2 Å². The standard InChI is InChI=1S/C19H18F3N5O3/c1-18(2,3)17(29)30-16-13(8-24-26(16)4)15(28)12-6-5-11(27-10-23-9-25-27)7-14(12)19(20,21)22/h5-10H,1-4H3. The van der Waals surface area contributed by atoms with E-state index in [9.17, 15) is 22.8 Å². The van der Waals surface area contributed by atoms with Crippen molar-refractivity contribution in [2.24, 2.45) is 12.5 Å². The molecule has 0 N–H and O–H groups in total. The number of nitrogens with zero attached hydrogens (tertiary/aromatic N) is 5. The molecule has 0 saturated carbocycles. The number of aryl methyl sites for hydroxylation is 1. The van der Waals surface area contributed by atoms with Crippen molar-refractivity contribution in [2.75, 3.05) is 0 Å². The number of carbonyl (C=O) groups is 2. The van der Waals surface area contributed by atoms with Crippen LogP contribution < -0.4 is 4.74 Å². The van der Waals surface area contributed by atoms with Crippen LogP contribution in [0.1, 0.15) is 42.3 Å². The third-order valence-corrected chi connectivity index (χ3v) is 4.17. The van der Waals surface area contributed by atoms with E-state index in [2.05, 4.69) is 15.2 Å². The summed E-state index contributed by atoms with van der Waals surface area (Å²) >= 11 is 0. The first-order valence-corrected chi connectivity index (χ1v) is 8.75. The monoisotopic (exact) mass is 421 g/mol. The van der Waals surface area contributed by atoms with Gasteiger partial charge in [0.15, 0.2) is 0 Å². The number of aromatic nitrogens is 5. The van der Waals surface area contributed by atoms with Crippen molar-refractivity contribution in [3.8, 4) is 11.6 Å². The molecule has 30 heavy (non-hydrogen) atoms. The van der Waals surface area contributed by atoms with Crippen LogP contribution in [0.4, 0.5) is 13.2 Å². The molecule has 0 unspecified atom stereocenters. The number of ketones is 1. The van der Waals surface area contributed by atoms with Gasteiger partial charge in [0.05, 0.1) is 22.9 Å². The molecule has 3 aromatic rings. The third kappa shape index (κ3) is 4.09. The normalized spacial score (nSPS) is 12.1.